The first kappa shape index (κ1) is 16.7. The highest BCUT2D eigenvalue weighted by atomic mass is 19.1. The van der Waals surface area contributed by atoms with E-state index in [0.29, 0.717) is 12.1 Å². The van der Waals surface area contributed by atoms with E-state index < -0.39 is 5.82 Å². The fourth-order valence-electron chi connectivity index (χ4n) is 2.46. The lowest BCUT2D eigenvalue weighted by molar-refractivity contribution is -0.120. The Hall–Kier alpha value is -3.15. The van der Waals surface area contributed by atoms with Crippen molar-refractivity contribution < 1.29 is 13.9 Å². The number of nitrogens with zero attached hydrogens (tertiary/aromatic N) is 2. The predicted molar refractivity (Wildman–Crippen MR) is 92.1 cm³/mol. The molecule has 0 aliphatic rings. The molecule has 0 saturated carbocycles. The second-order valence-electron chi connectivity index (χ2n) is 5.54. The molecule has 0 atom stereocenters. The van der Waals surface area contributed by atoms with Crippen molar-refractivity contribution in [2.75, 3.05) is 7.11 Å². The molecule has 1 N–H and O–H groups in total. The molecule has 0 aliphatic carbocycles. The lowest BCUT2D eigenvalue weighted by atomic mass is 10.1. The Balaban J connectivity index is 1.54. The molecule has 1 amide bonds. The van der Waals surface area contributed by atoms with Gasteiger partial charge >= 0.3 is 0 Å². The van der Waals surface area contributed by atoms with Gasteiger partial charge in [-0.1, -0.05) is 18.2 Å². The van der Waals surface area contributed by atoms with E-state index in [4.69, 9.17) is 4.74 Å². The highest BCUT2D eigenvalue weighted by molar-refractivity contribution is 5.78. The molecule has 1 aromatic heterocycles. The van der Waals surface area contributed by atoms with Crippen LogP contribution in [-0.4, -0.2) is 22.8 Å². The maximum atomic E-state index is 13.6. The summed E-state index contributed by atoms with van der Waals surface area (Å²) >= 11 is 0. The maximum absolute atomic E-state index is 13.6. The van der Waals surface area contributed by atoms with E-state index in [1.807, 2.05) is 36.5 Å². The fraction of sp³-hybridized carbons (Fsp3) is 0.158. The van der Waals surface area contributed by atoms with Crippen LogP contribution in [-0.2, 0) is 17.8 Å². The van der Waals surface area contributed by atoms with Gasteiger partial charge in [0.15, 0.2) is 11.6 Å². The van der Waals surface area contributed by atoms with Crippen LogP contribution < -0.4 is 10.1 Å². The van der Waals surface area contributed by atoms with Crippen LogP contribution in [0.1, 0.15) is 11.1 Å². The summed E-state index contributed by atoms with van der Waals surface area (Å²) in [6.45, 7) is 0.414. The SMILES string of the molecule is COc1ccc(CC(=O)NCc2ccc(-n3cccn3)cc2)cc1F. The highest BCUT2D eigenvalue weighted by Crippen LogP contribution is 2.18. The first-order valence-electron chi connectivity index (χ1n) is 7.84. The molecule has 0 saturated heterocycles. The monoisotopic (exact) mass is 339 g/mol. The zero-order chi connectivity index (χ0) is 17.6. The number of nitrogens with one attached hydrogen (secondary N) is 1. The maximum Gasteiger partial charge on any atom is 0.224 e. The summed E-state index contributed by atoms with van der Waals surface area (Å²) in [6.07, 6.45) is 3.70. The van der Waals surface area contributed by atoms with Gasteiger partial charge in [0.2, 0.25) is 5.91 Å². The molecule has 0 spiro atoms. The molecule has 25 heavy (non-hydrogen) atoms. The van der Waals surface area contributed by atoms with Gasteiger partial charge in [-0.25, -0.2) is 9.07 Å². The van der Waals surface area contributed by atoms with E-state index in [9.17, 15) is 9.18 Å². The summed E-state index contributed by atoms with van der Waals surface area (Å²) < 4.78 is 20.3. The summed E-state index contributed by atoms with van der Waals surface area (Å²) in [6, 6.07) is 14.1. The largest absolute Gasteiger partial charge is 0.494 e. The average Bonchev–Trinajstić information content (AvgIpc) is 3.15. The highest BCUT2D eigenvalue weighted by Gasteiger charge is 2.08. The molecule has 5 nitrogen and oxygen atoms in total. The zero-order valence-corrected chi connectivity index (χ0v) is 13.8. The van der Waals surface area contributed by atoms with Crippen LogP contribution in [0.15, 0.2) is 60.9 Å². The van der Waals surface area contributed by atoms with Crippen molar-refractivity contribution in [3.05, 3.63) is 77.9 Å². The summed E-state index contributed by atoms with van der Waals surface area (Å²) in [4.78, 5) is 12.0. The van der Waals surface area contributed by atoms with Crippen LogP contribution in [0.5, 0.6) is 5.75 Å². The molecule has 2 aromatic carbocycles. The van der Waals surface area contributed by atoms with Crippen molar-refractivity contribution in [1.29, 1.82) is 0 Å². The second kappa shape index (κ2) is 7.61. The summed E-state index contributed by atoms with van der Waals surface area (Å²) in [5.74, 6) is -0.468. The number of hydrogen-bond acceptors (Lipinski definition) is 3. The third-order valence-corrected chi connectivity index (χ3v) is 3.78. The quantitative estimate of drug-likeness (QED) is 0.751. The van der Waals surface area contributed by atoms with Crippen molar-refractivity contribution in [3.63, 3.8) is 0 Å². The van der Waals surface area contributed by atoms with Gasteiger partial charge in [-0.05, 0) is 41.5 Å². The Morgan fingerprint density at radius 2 is 1.96 bits per heavy atom. The van der Waals surface area contributed by atoms with Gasteiger partial charge in [0.05, 0.1) is 19.2 Å². The van der Waals surface area contributed by atoms with Gasteiger partial charge in [-0.3, -0.25) is 4.79 Å². The van der Waals surface area contributed by atoms with Gasteiger partial charge in [0.1, 0.15) is 0 Å². The molecule has 0 fully saturated rings. The number of carbonyl (C=O) groups excluding carboxylic acids is 1. The number of ether oxygens (including phenoxy) is 1. The number of methoxy groups -OCH3 is 1. The molecule has 0 radical (unpaired) electrons. The number of hydrogen-bond donors (Lipinski definition) is 1. The molecule has 3 rings (SSSR count). The Kier molecular flexibility index (Phi) is 5.09. The van der Waals surface area contributed by atoms with Crippen LogP contribution in [0, 0.1) is 5.82 Å². The van der Waals surface area contributed by atoms with Gasteiger partial charge < -0.3 is 10.1 Å². The van der Waals surface area contributed by atoms with Gasteiger partial charge in [0.25, 0.3) is 0 Å². The molecule has 3 aromatic rings. The molecular weight excluding hydrogens is 321 g/mol. The number of amides is 1. The van der Waals surface area contributed by atoms with Crippen LogP contribution >= 0.6 is 0 Å². The average molecular weight is 339 g/mol. The molecule has 0 bridgehead atoms. The van der Waals surface area contributed by atoms with Crippen molar-refractivity contribution in [3.8, 4) is 11.4 Å². The fourth-order valence-corrected chi connectivity index (χ4v) is 2.46. The summed E-state index contributed by atoms with van der Waals surface area (Å²) in [5, 5.41) is 7.00. The predicted octanol–water partition coefficient (Wildman–Crippen LogP) is 2.88. The van der Waals surface area contributed by atoms with E-state index in [-0.39, 0.29) is 18.1 Å². The van der Waals surface area contributed by atoms with Crippen LogP contribution in [0.2, 0.25) is 0 Å². The van der Waals surface area contributed by atoms with Crippen molar-refractivity contribution in [2.45, 2.75) is 13.0 Å². The van der Waals surface area contributed by atoms with Gasteiger partial charge in [0, 0.05) is 18.9 Å². The van der Waals surface area contributed by atoms with E-state index in [0.717, 1.165) is 11.3 Å². The topological polar surface area (TPSA) is 56.1 Å². The number of benzene rings is 2. The van der Waals surface area contributed by atoms with E-state index in [1.165, 1.54) is 19.2 Å². The second-order valence-corrected chi connectivity index (χ2v) is 5.54. The Morgan fingerprint density at radius 3 is 2.60 bits per heavy atom. The molecule has 6 heteroatoms. The molecule has 128 valence electrons. The smallest absolute Gasteiger partial charge is 0.224 e. The van der Waals surface area contributed by atoms with Crippen LogP contribution in [0.4, 0.5) is 4.39 Å². The minimum absolute atomic E-state index is 0.117. The first-order valence-corrected chi connectivity index (χ1v) is 7.84. The number of carbonyl (C=O) groups is 1. The normalized spacial score (nSPS) is 10.5. The minimum atomic E-state index is -0.470. The molecule has 0 aliphatic heterocycles. The molecule has 1 heterocycles. The lowest BCUT2D eigenvalue weighted by Crippen LogP contribution is -2.24. The van der Waals surface area contributed by atoms with Crippen molar-refractivity contribution >= 4 is 5.91 Å². The Bertz CT molecular complexity index is 846. The third kappa shape index (κ3) is 4.23. The number of aromatic nitrogens is 2. The molecule has 0 unspecified atom stereocenters. The van der Waals surface area contributed by atoms with Crippen LogP contribution in [0.25, 0.3) is 5.69 Å². The van der Waals surface area contributed by atoms with Crippen molar-refractivity contribution in [2.24, 2.45) is 0 Å². The number of rotatable bonds is 6. The van der Waals surface area contributed by atoms with E-state index in [1.54, 1.807) is 16.9 Å². The zero-order valence-electron chi connectivity index (χ0n) is 13.8. The number of halogens is 1. The Labute approximate surface area is 145 Å². The Morgan fingerprint density at radius 1 is 1.20 bits per heavy atom. The van der Waals surface area contributed by atoms with Gasteiger partial charge in [-0.15, -0.1) is 0 Å². The minimum Gasteiger partial charge on any atom is -0.494 e. The lowest BCUT2D eigenvalue weighted by Gasteiger charge is -2.08. The van der Waals surface area contributed by atoms with Crippen LogP contribution in [0.3, 0.4) is 0 Å². The first-order chi connectivity index (χ1) is 12.2. The molecular formula is C19H18FN3O2. The van der Waals surface area contributed by atoms with Crippen molar-refractivity contribution in [1.82, 2.24) is 15.1 Å². The third-order valence-electron chi connectivity index (χ3n) is 3.78. The van der Waals surface area contributed by atoms with E-state index >= 15 is 0 Å². The standard InChI is InChI=1S/C19H18FN3O2/c1-25-18-8-5-15(11-17(18)20)12-19(24)21-13-14-3-6-16(7-4-14)23-10-2-9-22-23/h2-11H,12-13H2,1H3,(H,21,24). The summed E-state index contributed by atoms with van der Waals surface area (Å²) in [7, 11) is 1.41. The summed E-state index contributed by atoms with van der Waals surface area (Å²) in [5.41, 5.74) is 2.53. The van der Waals surface area contributed by atoms with E-state index in [2.05, 4.69) is 10.4 Å². The van der Waals surface area contributed by atoms with Gasteiger partial charge in [-0.2, -0.15) is 5.10 Å².